The zero-order valence-electron chi connectivity index (χ0n) is 8.78. The second-order valence-electron chi connectivity index (χ2n) is 3.36. The third kappa shape index (κ3) is 3.12. The maximum Gasteiger partial charge on any atom is 0.278 e. The minimum absolute atomic E-state index is 0.0625. The summed E-state index contributed by atoms with van der Waals surface area (Å²) in [6.45, 7) is 0. The highest BCUT2D eigenvalue weighted by Crippen LogP contribution is 2.31. The third-order valence-electron chi connectivity index (χ3n) is 1.82. The summed E-state index contributed by atoms with van der Waals surface area (Å²) in [6, 6.07) is 2.72. The van der Waals surface area contributed by atoms with Crippen molar-refractivity contribution in [2.45, 2.75) is 0 Å². The fraction of sp³-hybridized carbons (Fsp3) is 0.200. The minimum atomic E-state index is -0.489. The van der Waals surface area contributed by atoms with Crippen LogP contribution in [-0.4, -0.2) is 23.9 Å². The van der Waals surface area contributed by atoms with E-state index < -0.39 is 4.92 Å². The molecular weight excluding hydrogens is 251 g/mol. The standard InChI is InChI=1S/C10H10Cl2N2O2/c1-13(2)4-3-7-5-8(11)9(12)6-10(7)14(15)16/h3-6H,1-2H3. The molecule has 0 unspecified atom stereocenters. The Morgan fingerprint density at radius 1 is 1.31 bits per heavy atom. The van der Waals surface area contributed by atoms with Crippen molar-refractivity contribution in [1.29, 1.82) is 0 Å². The molecule has 0 aliphatic heterocycles. The predicted molar refractivity (Wildman–Crippen MR) is 65.8 cm³/mol. The van der Waals surface area contributed by atoms with Crippen molar-refractivity contribution in [2.75, 3.05) is 14.1 Å². The summed E-state index contributed by atoms with van der Waals surface area (Å²) >= 11 is 11.5. The minimum Gasteiger partial charge on any atom is -0.383 e. The van der Waals surface area contributed by atoms with Gasteiger partial charge >= 0.3 is 0 Å². The lowest BCUT2D eigenvalue weighted by Gasteiger charge is -2.04. The van der Waals surface area contributed by atoms with Gasteiger partial charge in [-0.15, -0.1) is 0 Å². The van der Waals surface area contributed by atoms with Crippen LogP contribution in [0.3, 0.4) is 0 Å². The van der Waals surface area contributed by atoms with Crippen LogP contribution in [0.5, 0.6) is 0 Å². The molecule has 86 valence electrons. The first-order valence-corrected chi connectivity index (χ1v) is 5.15. The number of nitrogens with zero attached hydrogens (tertiary/aromatic N) is 2. The summed E-state index contributed by atoms with van der Waals surface area (Å²) in [7, 11) is 3.64. The molecule has 0 bridgehead atoms. The fourth-order valence-electron chi connectivity index (χ4n) is 1.07. The van der Waals surface area contributed by atoms with Crippen LogP contribution in [0.2, 0.25) is 10.0 Å². The number of rotatable bonds is 3. The molecule has 0 radical (unpaired) electrons. The second-order valence-corrected chi connectivity index (χ2v) is 4.18. The van der Waals surface area contributed by atoms with E-state index >= 15 is 0 Å². The monoisotopic (exact) mass is 260 g/mol. The Morgan fingerprint density at radius 3 is 2.38 bits per heavy atom. The average molecular weight is 261 g/mol. The summed E-state index contributed by atoms with van der Waals surface area (Å²) in [5.41, 5.74) is 0.362. The summed E-state index contributed by atoms with van der Waals surface area (Å²) in [5, 5.41) is 11.3. The van der Waals surface area contributed by atoms with Gasteiger partial charge in [0.2, 0.25) is 0 Å². The molecule has 0 aliphatic rings. The number of halogens is 2. The number of hydrogen-bond acceptors (Lipinski definition) is 3. The SMILES string of the molecule is CN(C)C=Cc1cc(Cl)c(Cl)cc1[N+](=O)[O-]. The largest absolute Gasteiger partial charge is 0.383 e. The van der Waals surface area contributed by atoms with Crippen LogP contribution in [0.4, 0.5) is 5.69 Å². The van der Waals surface area contributed by atoms with E-state index in [0.29, 0.717) is 10.6 Å². The molecule has 0 atom stereocenters. The normalized spacial score (nSPS) is 10.8. The molecule has 1 aromatic carbocycles. The molecule has 0 aliphatic carbocycles. The van der Waals surface area contributed by atoms with Gasteiger partial charge in [0.25, 0.3) is 5.69 Å². The maximum atomic E-state index is 10.8. The molecule has 0 N–H and O–H groups in total. The highest BCUT2D eigenvalue weighted by Gasteiger charge is 2.14. The molecule has 1 rings (SSSR count). The van der Waals surface area contributed by atoms with Crippen molar-refractivity contribution in [3.05, 3.63) is 44.1 Å². The smallest absolute Gasteiger partial charge is 0.278 e. The number of nitro groups is 1. The van der Waals surface area contributed by atoms with Crippen LogP contribution in [-0.2, 0) is 0 Å². The molecule has 4 nitrogen and oxygen atoms in total. The van der Waals surface area contributed by atoms with Crippen LogP contribution in [0.25, 0.3) is 6.08 Å². The lowest BCUT2D eigenvalue weighted by Crippen LogP contribution is -2.00. The van der Waals surface area contributed by atoms with Gasteiger partial charge in [0, 0.05) is 20.2 Å². The molecule has 0 saturated heterocycles. The Hall–Kier alpha value is -1.26. The maximum absolute atomic E-state index is 10.8. The molecule has 0 heterocycles. The van der Waals surface area contributed by atoms with Crippen LogP contribution >= 0.6 is 23.2 Å². The van der Waals surface area contributed by atoms with Crippen molar-refractivity contribution in [2.24, 2.45) is 0 Å². The first kappa shape index (κ1) is 12.8. The predicted octanol–water partition coefficient (Wildman–Crippen LogP) is 3.43. The lowest BCUT2D eigenvalue weighted by atomic mass is 10.2. The van der Waals surface area contributed by atoms with Crippen LogP contribution in [0.1, 0.15) is 5.56 Å². The Bertz CT molecular complexity index is 445. The van der Waals surface area contributed by atoms with Gasteiger partial charge in [0.15, 0.2) is 0 Å². The van der Waals surface area contributed by atoms with E-state index in [-0.39, 0.29) is 10.7 Å². The molecule has 0 fully saturated rings. The van der Waals surface area contributed by atoms with E-state index in [4.69, 9.17) is 23.2 Å². The van der Waals surface area contributed by atoms with E-state index in [0.717, 1.165) is 0 Å². The van der Waals surface area contributed by atoms with Gasteiger partial charge in [-0.1, -0.05) is 23.2 Å². The molecule has 16 heavy (non-hydrogen) atoms. The molecular formula is C10H10Cl2N2O2. The zero-order valence-corrected chi connectivity index (χ0v) is 10.3. The van der Waals surface area contributed by atoms with E-state index in [1.807, 2.05) is 14.1 Å². The number of benzene rings is 1. The lowest BCUT2D eigenvalue weighted by molar-refractivity contribution is -0.385. The average Bonchev–Trinajstić information content (AvgIpc) is 2.18. The van der Waals surface area contributed by atoms with Crippen molar-refractivity contribution in [3.63, 3.8) is 0 Å². The van der Waals surface area contributed by atoms with E-state index in [2.05, 4.69) is 0 Å². The number of nitro benzene ring substituents is 1. The van der Waals surface area contributed by atoms with Gasteiger partial charge in [-0.05, 0) is 18.3 Å². The first-order valence-electron chi connectivity index (χ1n) is 4.40. The van der Waals surface area contributed by atoms with Crippen molar-refractivity contribution >= 4 is 35.0 Å². The third-order valence-corrected chi connectivity index (χ3v) is 2.54. The van der Waals surface area contributed by atoms with Crippen molar-refractivity contribution < 1.29 is 4.92 Å². The van der Waals surface area contributed by atoms with Crippen molar-refractivity contribution in [3.8, 4) is 0 Å². The Kier molecular flexibility index (Phi) is 4.15. The Morgan fingerprint density at radius 2 is 1.88 bits per heavy atom. The highest BCUT2D eigenvalue weighted by molar-refractivity contribution is 6.42. The summed E-state index contributed by atoms with van der Waals surface area (Å²) < 4.78 is 0. The van der Waals surface area contributed by atoms with E-state index in [1.54, 1.807) is 17.2 Å². The second kappa shape index (κ2) is 5.18. The quantitative estimate of drug-likeness (QED) is 0.618. The Balaban J connectivity index is 3.25. The molecule has 0 saturated carbocycles. The van der Waals surface area contributed by atoms with Gasteiger partial charge in [-0.2, -0.15) is 0 Å². The highest BCUT2D eigenvalue weighted by atomic mass is 35.5. The van der Waals surface area contributed by atoms with Gasteiger partial charge < -0.3 is 4.90 Å². The summed E-state index contributed by atoms with van der Waals surface area (Å²) in [6.07, 6.45) is 3.31. The molecule has 0 amide bonds. The van der Waals surface area contributed by atoms with Gasteiger partial charge in [-0.3, -0.25) is 10.1 Å². The Labute approximate surface area is 103 Å². The van der Waals surface area contributed by atoms with Crippen LogP contribution in [0, 0.1) is 10.1 Å². The van der Waals surface area contributed by atoms with Crippen LogP contribution in [0.15, 0.2) is 18.3 Å². The fourth-order valence-corrected chi connectivity index (χ4v) is 1.40. The molecule has 1 aromatic rings. The molecule has 0 aromatic heterocycles. The molecule has 6 heteroatoms. The van der Waals surface area contributed by atoms with Crippen LogP contribution < -0.4 is 0 Å². The van der Waals surface area contributed by atoms with Gasteiger partial charge in [-0.25, -0.2) is 0 Å². The topological polar surface area (TPSA) is 46.4 Å². The first-order chi connectivity index (χ1) is 7.41. The summed E-state index contributed by atoms with van der Waals surface area (Å²) in [5.74, 6) is 0. The van der Waals surface area contributed by atoms with E-state index in [1.165, 1.54) is 12.1 Å². The summed E-state index contributed by atoms with van der Waals surface area (Å²) in [4.78, 5) is 12.1. The zero-order chi connectivity index (χ0) is 12.3. The molecule has 0 spiro atoms. The van der Waals surface area contributed by atoms with E-state index in [9.17, 15) is 10.1 Å². The van der Waals surface area contributed by atoms with Crippen molar-refractivity contribution in [1.82, 2.24) is 4.90 Å². The van der Waals surface area contributed by atoms with Gasteiger partial charge in [0.05, 0.1) is 20.5 Å². The van der Waals surface area contributed by atoms with Gasteiger partial charge in [0.1, 0.15) is 0 Å². The number of hydrogen-bond donors (Lipinski definition) is 0.